The molecule has 0 aliphatic carbocycles. The number of phenolic OH excluding ortho intramolecular Hbond substituents is 1. The first-order chi connectivity index (χ1) is 16.1. The summed E-state index contributed by atoms with van der Waals surface area (Å²) in [7, 11) is -3.99. The lowest BCUT2D eigenvalue weighted by Gasteiger charge is -2.12. The molecule has 4 rings (SSSR count). The van der Waals surface area contributed by atoms with E-state index in [1.165, 1.54) is 24.3 Å². The molecule has 174 valence electrons. The number of phenols is 1. The van der Waals surface area contributed by atoms with Gasteiger partial charge in [0.05, 0.1) is 27.7 Å². The number of nitrogens with zero attached hydrogens (tertiary/aromatic N) is 2. The number of aromatic nitrogens is 2. The highest BCUT2D eigenvalue weighted by molar-refractivity contribution is 7.92. The van der Waals surface area contributed by atoms with E-state index in [4.69, 9.17) is 11.6 Å². The van der Waals surface area contributed by atoms with Crippen LogP contribution in [-0.4, -0.2) is 29.2 Å². The van der Waals surface area contributed by atoms with Gasteiger partial charge in [-0.15, -0.1) is 0 Å². The van der Waals surface area contributed by atoms with E-state index in [1.54, 1.807) is 47.1 Å². The first-order valence-electron chi connectivity index (χ1n) is 10.2. The zero-order valence-electron chi connectivity index (χ0n) is 18.3. The maximum Gasteiger partial charge on any atom is 0.261 e. The smallest absolute Gasteiger partial charge is 0.261 e. The summed E-state index contributed by atoms with van der Waals surface area (Å²) in [6, 6.07) is 18.6. The van der Waals surface area contributed by atoms with Crippen LogP contribution in [-0.2, 0) is 10.0 Å². The van der Waals surface area contributed by atoms with Crippen LogP contribution in [0.1, 0.15) is 21.7 Å². The average molecular weight is 497 g/mol. The fourth-order valence-electron chi connectivity index (χ4n) is 3.39. The Balaban J connectivity index is 1.54. The molecular weight excluding hydrogens is 476 g/mol. The molecule has 0 spiro atoms. The normalized spacial score (nSPS) is 11.3. The SMILES string of the molecule is Cc1cc(C)n(-c2ccc(C(=O)Nc3cc(S(=O)(=O)Nc4cccc(Cl)c4)ccc3O)cc2)n1. The van der Waals surface area contributed by atoms with Crippen LogP contribution in [0.4, 0.5) is 11.4 Å². The molecule has 3 N–H and O–H groups in total. The Morgan fingerprint density at radius 2 is 1.74 bits per heavy atom. The van der Waals surface area contributed by atoms with Crippen LogP contribution in [0.25, 0.3) is 5.69 Å². The number of aromatic hydroxyl groups is 1. The topological polar surface area (TPSA) is 113 Å². The summed E-state index contributed by atoms with van der Waals surface area (Å²) in [5, 5.41) is 17.5. The zero-order chi connectivity index (χ0) is 24.5. The van der Waals surface area contributed by atoms with Crippen molar-refractivity contribution < 1.29 is 18.3 Å². The van der Waals surface area contributed by atoms with Crippen molar-refractivity contribution in [2.75, 3.05) is 10.0 Å². The van der Waals surface area contributed by atoms with Crippen molar-refractivity contribution >= 4 is 38.9 Å². The van der Waals surface area contributed by atoms with Gasteiger partial charge in [-0.25, -0.2) is 13.1 Å². The van der Waals surface area contributed by atoms with Gasteiger partial charge in [0.15, 0.2) is 0 Å². The maximum atomic E-state index is 12.8. The highest BCUT2D eigenvalue weighted by Crippen LogP contribution is 2.28. The van der Waals surface area contributed by atoms with Crippen LogP contribution >= 0.6 is 11.6 Å². The molecule has 10 heteroatoms. The van der Waals surface area contributed by atoms with E-state index in [0.717, 1.165) is 17.1 Å². The molecule has 0 unspecified atom stereocenters. The molecule has 0 atom stereocenters. The highest BCUT2D eigenvalue weighted by Gasteiger charge is 2.18. The summed E-state index contributed by atoms with van der Waals surface area (Å²) in [6.07, 6.45) is 0. The van der Waals surface area contributed by atoms with Crippen molar-refractivity contribution in [2.45, 2.75) is 18.7 Å². The molecule has 0 radical (unpaired) electrons. The summed E-state index contributed by atoms with van der Waals surface area (Å²) >= 11 is 5.91. The van der Waals surface area contributed by atoms with E-state index >= 15 is 0 Å². The second kappa shape index (κ2) is 9.20. The van der Waals surface area contributed by atoms with Gasteiger partial charge in [0.25, 0.3) is 15.9 Å². The molecule has 0 aliphatic rings. The van der Waals surface area contributed by atoms with Gasteiger partial charge in [-0.3, -0.25) is 9.52 Å². The van der Waals surface area contributed by atoms with Crippen molar-refractivity contribution in [2.24, 2.45) is 0 Å². The minimum Gasteiger partial charge on any atom is -0.506 e. The quantitative estimate of drug-likeness (QED) is 0.328. The maximum absolute atomic E-state index is 12.8. The van der Waals surface area contributed by atoms with Gasteiger partial charge in [0, 0.05) is 16.3 Å². The summed E-state index contributed by atoms with van der Waals surface area (Å²) in [6.45, 7) is 3.84. The average Bonchev–Trinajstić information content (AvgIpc) is 3.12. The number of carbonyl (C=O) groups is 1. The van der Waals surface area contributed by atoms with E-state index in [9.17, 15) is 18.3 Å². The second-order valence-electron chi connectivity index (χ2n) is 7.63. The Morgan fingerprint density at radius 3 is 2.38 bits per heavy atom. The van der Waals surface area contributed by atoms with Crippen LogP contribution < -0.4 is 10.0 Å². The summed E-state index contributed by atoms with van der Waals surface area (Å²) in [4.78, 5) is 12.6. The Hall–Kier alpha value is -3.82. The number of benzene rings is 3. The van der Waals surface area contributed by atoms with E-state index in [2.05, 4.69) is 15.1 Å². The number of sulfonamides is 1. The van der Waals surface area contributed by atoms with Crippen LogP contribution in [0.15, 0.2) is 77.7 Å². The fraction of sp³-hybridized carbons (Fsp3) is 0.0833. The van der Waals surface area contributed by atoms with Gasteiger partial charge in [-0.2, -0.15) is 5.10 Å². The third-order valence-electron chi connectivity index (χ3n) is 4.99. The molecule has 0 aliphatic heterocycles. The lowest BCUT2D eigenvalue weighted by molar-refractivity contribution is 0.102. The van der Waals surface area contributed by atoms with Gasteiger partial charge < -0.3 is 10.4 Å². The first kappa shape index (κ1) is 23.3. The number of hydrogen-bond donors (Lipinski definition) is 3. The second-order valence-corrected chi connectivity index (χ2v) is 9.75. The minimum atomic E-state index is -3.99. The van der Waals surface area contributed by atoms with E-state index in [1.807, 2.05) is 19.9 Å². The molecule has 0 fully saturated rings. The largest absolute Gasteiger partial charge is 0.506 e. The van der Waals surface area contributed by atoms with Crippen molar-refractivity contribution in [3.8, 4) is 11.4 Å². The summed E-state index contributed by atoms with van der Waals surface area (Å²) in [5.41, 5.74) is 3.22. The van der Waals surface area contributed by atoms with Gasteiger partial charge in [-0.1, -0.05) is 17.7 Å². The highest BCUT2D eigenvalue weighted by atomic mass is 35.5. The standard InChI is InChI=1S/C24H21ClN4O4S/c1-15-12-16(2)29(27-15)20-8-6-17(7-9-20)24(31)26-22-14-21(10-11-23(22)30)34(32,33)28-19-5-3-4-18(25)13-19/h3-14,28,30H,1-2H3,(H,26,31). The molecule has 4 aromatic rings. The lowest BCUT2D eigenvalue weighted by Crippen LogP contribution is -2.15. The predicted octanol–water partition coefficient (Wildman–Crippen LogP) is 4.90. The molecule has 34 heavy (non-hydrogen) atoms. The molecule has 1 amide bonds. The first-order valence-corrected chi connectivity index (χ1v) is 12.0. The Morgan fingerprint density at radius 1 is 1.00 bits per heavy atom. The third kappa shape index (κ3) is 5.05. The molecule has 3 aromatic carbocycles. The number of rotatable bonds is 6. The Bertz CT molecular complexity index is 1480. The molecule has 1 aromatic heterocycles. The van der Waals surface area contributed by atoms with Crippen molar-refractivity contribution in [3.05, 3.63) is 94.8 Å². The van der Waals surface area contributed by atoms with E-state index in [0.29, 0.717) is 10.6 Å². The summed E-state index contributed by atoms with van der Waals surface area (Å²) < 4.78 is 29.7. The molecule has 0 saturated heterocycles. The third-order valence-corrected chi connectivity index (χ3v) is 6.60. The van der Waals surface area contributed by atoms with Crippen molar-refractivity contribution in [3.63, 3.8) is 0 Å². The zero-order valence-corrected chi connectivity index (χ0v) is 19.9. The van der Waals surface area contributed by atoms with Crippen LogP contribution in [0.3, 0.4) is 0 Å². The molecule has 1 heterocycles. The molecule has 0 bridgehead atoms. The molecule has 8 nitrogen and oxygen atoms in total. The van der Waals surface area contributed by atoms with Crippen LogP contribution in [0.2, 0.25) is 5.02 Å². The molecular formula is C24H21ClN4O4S. The number of nitrogens with one attached hydrogen (secondary N) is 2. The van der Waals surface area contributed by atoms with Gasteiger partial charge >= 0.3 is 0 Å². The lowest BCUT2D eigenvalue weighted by atomic mass is 10.2. The van der Waals surface area contributed by atoms with E-state index in [-0.39, 0.29) is 22.0 Å². The Labute approximate surface area is 201 Å². The van der Waals surface area contributed by atoms with Crippen molar-refractivity contribution in [1.29, 1.82) is 0 Å². The Kier molecular flexibility index (Phi) is 6.32. The number of amides is 1. The van der Waals surface area contributed by atoms with Crippen LogP contribution in [0, 0.1) is 13.8 Å². The minimum absolute atomic E-state index is 0.0402. The van der Waals surface area contributed by atoms with Gasteiger partial charge in [0.1, 0.15) is 5.75 Å². The number of carbonyl (C=O) groups excluding carboxylic acids is 1. The number of aryl methyl sites for hydroxylation is 2. The van der Waals surface area contributed by atoms with E-state index < -0.39 is 15.9 Å². The van der Waals surface area contributed by atoms with Crippen LogP contribution in [0.5, 0.6) is 5.75 Å². The number of halogens is 1. The van der Waals surface area contributed by atoms with Crippen molar-refractivity contribution in [1.82, 2.24) is 9.78 Å². The number of hydrogen-bond acceptors (Lipinski definition) is 5. The summed E-state index contributed by atoms with van der Waals surface area (Å²) in [5.74, 6) is -0.776. The number of anilines is 2. The molecule has 0 saturated carbocycles. The van der Waals surface area contributed by atoms with Gasteiger partial charge in [0.2, 0.25) is 0 Å². The van der Waals surface area contributed by atoms with Gasteiger partial charge in [-0.05, 0) is 80.6 Å². The fourth-order valence-corrected chi connectivity index (χ4v) is 4.65. The monoisotopic (exact) mass is 496 g/mol. The predicted molar refractivity (Wildman–Crippen MR) is 131 cm³/mol.